The Balaban J connectivity index is 1.41. The van der Waals surface area contributed by atoms with Crippen LogP contribution in [0.25, 0.3) is 11.0 Å². The van der Waals surface area contributed by atoms with E-state index in [0.717, 1.165) is 36.8 Å². The van der Waals surface area contributed by atoms with Crippen LogP contribution in [0.15, 0.2) is 52.9 Å². The number of benzene rings is 2. The summed E-state index contributed by atoms with van der Waals surface area (Å²) in [5.74, 6) is -1.88. The fourth-order valence-electron chi connectivity index (χ4n) is 5.79. The van der Waals surface area contributed by atoms with Crippen LogP contribution in [0.1, 0.15) is 58.6 Å². The number of fused-ring (bicyclic) bond motifs is 1. The third-order valence-electron chi connectivity index (χ3n) is 8.12. The molecule has 2 fully saturated rings. The molecule has 3 atom stereocenters. The summed E-state index contributed by atoms with van der Waals surface area (Å²) in [6.45, 7) is 3.75. The average Bonchev–Trinajstić information content (AvgIpc) is 3.63. The van der Waals surface area contributed by atoms with Crippen LogP contribution in [0.5, 0.6) is 0 Å². The van der Waals surface area contributed by atoms with Gasteiger partial charge in [0, 0.05) is 41.8 Å². The lowest BCUT2D eigenvalue weighted by Crippen LogP contribution is -2.55. The highest BCUT2D eigenvalue weighted by Crippen LogP contribution is 2.25. The topological polar surface area (TPSA) is 162 Å². The molecule has 1 aromatic heterocycles. The predicted octanol–water partition coefficient (Wildman–Crippen LogP) is 3.19. The van der Waals surface area contributed by atoms with Crippen molar-refractivity contribution in [3.8, 4) is 6.07 Å². The van der Waals surface area contributed by atoms with Gasteiger partial charge in [0.2, 0.25) is 17.7 Å². The highest BCUT2D eigenvalue weighted by molar-refractivity contribution is 6.01. The van der Waals surface area contributed by atoms with Crippen molar-refractivity contribution in [3.63, 3.8) is 0 Å². The third-order valence-corrected chi connectivity index (χ3v) is 8.12. The van der Waals surface area contributed by atoms with E-state index in [0.29, 0.717) is 37.3 Å². The van der Waals surface area contributed by atoms with Gasteiger partial charge < -0.3 is 25.3 Å². The second-order valence-electron chi connectivity index (χ2n) is 11.2. The van der Waals surface area contributed by atoms with Gasteiger partial charge in [0.15, 0.2) is 5.78 Å². The van der Waals surface area contributed by atoms with E-state index in [4.69, 9.17) is 10.2 Å². The van der Waals surface area contributed by atoms with E-state index in [2.05, 4.69) is 16.7 Å². The number of ketones is 1. The van der Waals surface area contributed by atoms with Crippen molar-refractivity contribution in [3.05, 3.63) is 65.4 Å². The molecular formula is C32H36N6O5. The van der Waals surface area contributed by atoms with Gasteiger partial charge in [-0.05, 0) is 75.4 Å². The number of hydrogen-bond donors (Lipinski definition) is 3. The molecule has 0 aliphatic carbocycles. The van der Waals surface area contributed by atoms with Crippen molar-refractivity contribution in [1.82, 2.24) is 15.1 Å². The number of primary amides is 1. The van der Waals surface area contributed by atoms with E-state index in [9.17, 15) is 24.4 Å². The van der Waals surface area contributed by atoms with Crippen LogP contribution in [0, 0.1) is 24.2 Å². The number of aryl methyl sites for hydroxylation is 1. The number of rotatable bonds is 10. The second-order valence-corrected chi connectivity index (χ2v) is 11.2. The summed E-state index contributed by atoms with van der Waals surface area (Å²) < 4.78 is 5.68. The first-order chi connectivity index (χ1) is 20.7. The molecule has 3 amide bonds. The second kappa shape index (κ2) is 13.1. The molecule has 4 N–H and O–H groups in total. The molecule has 3 aromatic rings. The van der Waals surface area contributed by atoms with Crippen molar-refractivity contribution in [1.29, 1.82) is 5.26 Å². The fourth-order valence-corrected chi connectivity index (χ4v) is 5.79. The molecule has 2 unspecified atom stereocenters. The highest BCUT2D eigenvalue weighted by atomic mass is 16.3. The lowest BCUT2D eigenvalue weighted by Gasteiger charge is -2.31. The number of nitrogens with one attached hydrogen (secondary N) is 2. The highest BCUT2D eigenvalue weighted by Gasteiger charge is 2.36. The number of nitriles is 1. The lowest BCUT2D eigenvalue weighted by atomic mass is 9.94. The van der Waals surface area contributed by atoms with Crippen molar-refractivity contribution in [2.24, 2.45) is 11.7 Å². The van der Waals surface area contributed by atoms with E-state index in [1.165, 1.54) is 24.3 Å². The number of nitrogens with two attached hydrogens (primary N) is 1. The molecule has 0 bridgehead atoms. The molecule has 2 aliphatic rings. The Bertz CT molecular complexity index is 1550. The van der Waals surface area contributed by atoms with Crippen LogP contribution in [-0.2, 0) is 9.59 Å². The maximum atomic E-state index is 13.8. The number of carbonyl (C=O) groups excluding carboxylic acids is 4. The van der Waals surface area contributed by atoms with E-state index in [1.54, 1.807) is 21.9 Å². The van der Waals surface area contributed by atoms with Gasteiger partial charge in [-0.1, -0.05) is 12.1 Å². The summed E-state index contributed by atoms with van der Waals surface area (Å²) in [5, 5.41) is 17.7. The number of likely N-dealkylation sites (tertiary alicyclic amines) is 2. The zero-order valence-corrected chi connectivity index (χ0v) is 24.2. The average molecular weight is 585 g/mol. The molecule has 11 nitrogen and oxygen atoms in total. The van der Waals surface area contributed by atoms with Gasteiger partial charge in [-0.2, -0.15) is 5.26 Å². The molecule has 43 heavy (non-hydrogen) atoms. The first-order valence-corrected chi connectivity index (χ1v) is 14.7. The molecule has 3 heterocycles. The summed E-state index contributed by atoms with van der Waals surface area (Å²) in [6, 6.07) is 14.6. The molecule has 224 valence electrons. The van der Waals surface area contributed by atoms with E-state index < -0.39 is 29.8 Å². The Morgan fingerprint density at radius 1 is 1.02 bits per heavy atom. The quantitative estimate of drug-likeness (QED) is 0.242. The summed E-state index contributed by atoms with van der Waals surface area (Å²) in [5.41, 5.74) is 7.15. The number of anilines is 1. The Hall–Kier alpha value is -4.69. The molecular weight excluding hydrogens is 548 g/mol. The molecule has 11 heteroatoms. The number of Topliss-reactive ketones (excluding diaryl/α,β-unsaturated/α-hetero) is 1. The maximum Gasteiger partial charge on any atom is 0.248 e. The van der Waals surface area contributed by atoms with Crippen molar-refractivity contribution in [2.75, 3.05) is 31.5 Å². The van der Waals surface area contributed by atoms with Gasteiger partial charge >= 0.3 is 0 Å². The normalized spacial score (nSPS) is 18.6. The summed E-state index contributed by atoms with van der Waals surface area (Å²) in [6.07, 6.45) is 2.96. The molecule has 0 spiro atoms. The van der Waals surface area contributed by atoms with E-state index in [1.807, 2.05) is 19.1 Å². The van der Waals surface area contributed by atoms with Crippen LogP contribution >= 0.6 is 0 Å². The smallest absolute Gasteiger partial charge is 0.248 e. The molecule has 0 saturated carbocycles. The van der Waals surface area contributed by atoms with Gasteiger partial charge in [-0.25, -0.2) is 0 Å². The Kier molecular flexibility index (Phi) is 9.07. The molecule has 0 radical (unpaired) electrons. The van der Waals surface area contributed by atoms with Gasteiger partial charge in [-0.3, -0.25) is 24.5 Å². The van der Waals surface area contributed by atoms with E-state index in [-0.39, 0.29) is 29.5 Å². The molecule has 5 rings (SSSR count). The van der Waals surface area contributed by atoms with Crippen LogP contribution in [-0.4, -0.2) is 71.7 Å². The standard InChI is InChI=1S/C32H36N6O5/c1-20-16-23-17-24(11-12-27(23)43-20)35-31(25(18-33)29(40)21-7-9-22(10-8-21)30(34)41)36-26-6-2-3-15-38(32(26)42)19-28(39)37-13-4-5-14-37/h7-12,16-17,25-26,31,35-36H,2-6,13-15,19H2,1H3,(H2,34,41)/t25?,26-,31?/m0/s1. The monoisotopic (exact) mass is 584 g/mol. The van der Waals surface area contributed by atoms with E-state index >= 15 is 0 Å². The van der Waals surface area contributed by atoms with Crippen LogP contribution in [0.2, 0.25) is 0 Å². The third kappa shape index (κ3) is 6.87. The zero-order chi connectivity index (χ0) is 30.5. The lowest BCUT2D eigenvalue weighted by molar-refractivity contribution is -0.140. The minimum Gasteiger partial charge on any atom is -0.461 e. The predicted molar refractivity (Wildman–Crippen MR) is 160 cm³/mol. The first-order valence-electron chi connectivity index (χ1n) is 14.7. The SMILES string of the molecule is Cc1cc2cc(NC(N[C@H]3CCCCN(CC(=O)N4CCCC4)C3=O)C(C#N)C(=O)c3ccc(C(N)=O)cc3)ccc2o1. The minimum absolute atomic E-state index is 0.0123. The van der Waals surface area contributed by atoms with Crippen LogP contribution in [0.4, 0.5) is 5.69 Å². The van der Waals surface area contributed by atoms with Crippen LogP contribution < -0.4 is 16.4 Å². The number of amides is 3. The Morgan fingerprint density at radius 2 is 1.72 bits per heavy atom. The van der Waals surface area contributed by atoms with Gasteiger partial charge in [0.25, 0.3) is 0 Å². The Labute approximate surface area is 250 Å². The maximum absolute atomic E-state index is 13.8. The van der Waals surface area contributed by atoms with Crippen LogP contribution in [0.3, 0.4) is 0 Å². The Morgan fingerprint density at radius 3 is 2.42 bits per heavy atom. The number of carbonyl (C=O) groups is 4. The largest absolute Gasteiger partial charge is 0.461 e. The zero-order valence-electron chi connectivity index (χ0n) is 24.2. The van der Waals surface area contributed by atoms with Crippen molar-refractivity contribution < 1.29 is 23.6 Å². The van der Waals surface area contributed by atoms with Gasteiger partial charge in [-0.15, -0.1) is 0 Å². The molecule has 2 aliphatic heterocycles. The molecule has 2 saturated heterocycles. The summed E-state index contributed by atoms with van der Waals surface area (Å²) in [4.78, 5) is 55.2. The molecule has 2 aromatic carbocycles. The minimum atomic E-state index is -1.24. The van der Waals surface area contributed by atoms with Crippen molar-refractivity contribution in [2.45, 2.75) is 51.2 Å². The van der Waals surface area contributed by atoms with Gasteiger partial charge in [0.05, 0.1) is 18.7 Å². The fraction of sp³-hybridized carbons (Fsp3) is 0.406. The first kappa shape index (κ1) is 29.8. The van der Waals surface area contributed by atoms with Gasteiger partial charge in [0.1, 0.15) is 23.4 Å². The number of nitrogens with zero attached hydrogens (tertiary/aromatic N) is 3. The van der Waals surface area contributed by atoms with Crippen molar-refractivity contribution >= 4 is 40.2 Å². The number of hydrogen-bond acceptors (Lipinski definition) is 8. The number of furan rings is 1. The summed E-state index contributed by atoms with van der Waals surface area (Å²) in [7, 11) is 0. The summed E-state index contributed by atoms with van der Waals surface area (Å²) >= 11 is 0.